The molecule has 3 N–H and O–H groups in total. The van der Waals surface area contributed by atoms with Crippen molar-refractivity contribution >= 4 is 0 Å². The van der Waals surface area contributed by atoms with Crippen LogP contribution >= 0.6 is 0 Å². The first-order valence-electron chi connectivity index (χ1n) is 5.34. The molecule has 1 atom stereocenters. The summed E-state index contributed by atoms with van der Waals surface area (Å²) in [6, 6.07) is 0. The molecule has 1 unspecified atom stereocenters. The summed E-state index contributed by atoms with van der Waals surface area (Å²) in [5, 5.41) is 9.37. The molecule has 0 aromatic heterocycles. The third-order valence-corrected chi connectivity index (χ3v) is 1.76. The number of aliphatic hydroxyl groups excluding tert-OH is 1. The molecule has 0 heterocycles. The second-order valence-corrected chi connectivity index (χ2v) is 3.30. The fourth-order valence-electron chi connectivity index (χ4n) is 0.919. The van der Waals surface area contributed by atoms with Crippen molar-refractivity contribution in [1.29, 1.82) is 0 Å². The van der Waals surface area contributed by atoms with E-state index in [0.29, 0.717) is 26.4 Å². The van der Waals surface area contributed by atoms with Gasteiger partial charge in [-0.05, 0) is 19.4 Å². The third-order valence-electron chi connectivity index (χ3n) is 1.76. The molecule has 0 aliphatic heterocycles. The smallest absolute Gasteiger partial charge is 0.101 e. The first kappa shape index (κ1) is 13.8. The third kappa shape index (κ3) is 9.92. The Labute approximate surface area is 86.4 Å². The van der Waals surface area contributed by atoms with E-state index in [1.807, 2.05) is 0 Å². The summed E-state index contributed by atoms with van der Waals surface area (Å²) in [7, 11) is 0. The molecule has 0 aliphatic rings. The SMILES string of the molecule is CCCCOCC(O)COCCCN. The summed E-state index contributed by atoms with van der Waals surface area (Å²) in [6.07, 6.45) is 2.48. The predicted octanol–water partition coefficient (Wildman–Crippen LogP) is 0.529. The van der Waals surface area contributed by atoms with Crippen LogP contribution in [-0.4, -0.2) is 44.2 Å². The molecule has 14 heavy (non-hydrogen) atoms. The van der Waals surface area contributed by atoms with Crippen molar-refractivity contribution in [2.45, 2.75) is 32.3 Å². The highest BCUT2D eigenvalue weighted by atomic mass is 16.5. The molecule has 86 valence electrons. The van der Waals surface area contributed by atoms with Gasteiger partial charge in [-0.25, -0.2) is 0 Å². The van der Waals surface area contributed by atoms with Gasteiger partial charge in [-0.3, -0.25) is 0 Å². The van der Waals surface area contributed by atoms with Crippen molar-refractivity contribution in [3.8, 4) is 0 Å². The lowest BCUT2D eigenvalue weighted by atomic mass is 10.3. The van der Waals surface area contributed by atoms with Crippen LogP contribution in [0.2, 0.25) is 0 Å². The summed E-state index contributed by atoms with van der Waals surface area (Å²) >= 11 is 0. The summed E-state index contributed by atoms with van der Waals surface area (Å²) in [5.41, 5.74) is 5.29. The lowest BCUT2D eigenvalue weighted by Gasteiger charge is -2.11. The Morgan fingerprint density at radius 3 is 2.21 bits per heavy atom. The van der Waals surface area contributed by atoms with Crippen LogP contribution in [0.3, 0.4) is 0 Å². The Kier molecular flexibility index (Phi) is 10.8. The molecular weight excluding hydrogens is 182 g/mol. The highest BCUT2D eigenvalue weighted by Crippen LogP contribution is 1.92. The Bertz CT molecular complexity index is 99.5. The summed E-state index contributed by atoms with van der Waals surface area (Å²) < 4.78 is 10.4. The van der Waals surface area contributed by atoms with Crippen molar-refractivity contribution in [2.75, 3.05) is 33.0 Å². The first-order valence-corrected chi connectivity index (χ1v) is 5.34. The van der Waals surface area contributed by atoms with Crippen LogP contribution in [0.4, 0.5) is 0 Å². The van der Waals surface area contributed by atoms with E-state index >= 15 is 0 Å². The molecule has 0 spiro atoms. The van der Waals surface area contributed by atoms with Crippen LogP contribution in [0, 0.1) is 0 Å². The van der Waals surface area contributed by atoms with Crippen molar-refractivity contribution in [3.05, 3.63) is 0 Å². The zero-order valence-electron chi connectivity index (χ0n) is 9.08. The van der Waals surface area contributed by atoms with E-state index in [2.05, 4.69) is 6.92 Å². The minimum atomic E-state index is -0.510. The van der Waals surface area contributed by atoms with E-state index in [1.54, 1.807) is 0 Å². The van der Waals surface area contributed by atoms with Crippen LogP contribution < -0.4 is 5.73 Å². The number of hydrogen-bond acceptors (Lipinski definition) is 4. The topological polar surface area (TPSA) is 64.7 Å². The lowest BCUT2D eigenvalue weighted by Crippen LogP contribution is -2.22. The van der Waals surface area contributed by atoms with Crippen molar-refractivity contribution in [1.82, 2.24) is 0 Å². The average molecular weight is 205 g/mol. The Balaban J connectivity index is 3.07. The van der Waals surface area contributed by atoms with Gasteiger partial charge in [0.25, 0.3) is 0 Å². The molecule has 0 bridgehead atoms. The maximum atomic E-state index is 9.37. The zero-order chi connectivity index (χ0) is 10.6. The van der Waals surface area contributed by atoms with Gasteiger partial charge in [0.1, 0.15) is 6.10 Å². The molecule has 0 rings (SSSR count). The Hall–Kier alpha value is -0.160. The van der Waals surface area contributed by atoms with Crippen LogP contribution in [-0.2, 0) is 9.47 Å². The number of hydrogen-bond donors (Lipinski definition) is 2. The maximum absolute atomic E-state index is 9.37. The minimum Gasteiger partial charge on any atom is -0.388 e. The van der Waals surface area contributed by atoms with E-state index in [1.165, 1.54) is 0 Å². The molecule has 0 radical (unpaired) electrons. The minimum absolute atomic E-state index is 0.339. The Morgan fingerprint density at radius 2 is 1.71 bits per heavy atom. The molecule has 0 amide bonds. The van der Waals surface area contributed by atoms with Gasteiger partial charge < -0.3 is 20.3 Å². The lowest BCUT2D eigenvalue weighted by molar-refractivity contribution is -0.0193. The molecule has 0 saturated carbocycles. The van der Waals surface area contributed by atoms with Gasteiger partial charge in [0.05, 0.1) is 13.2 Å². The second-order valence-electron chi connectivity index (χ2n) is 3.30. The molecule has 0 aliphatic carbocycles. The van der Waals surface area contributed by atoms with Gasteiger partial charge in [0.2, 0.25) is 0 Å². The highest BCUT2D eigenvalue weighted by molar-refractivity contribution is 4.51. The number of rotatable bonds is 10. The highest BCUT2D eigenvalue weighted by Gasteiger charge is 2.03. The number of nitrogens with two attached hydrogens (primary N) is 1. The van der Waals surface area contributed by atoms with E-state index in [-0.39, 0.29) is 0 Å². The number of unbranched alkanes of at least 4 members (excludes halogenated alkanes) is 1. The van der Waals surface area contributed by atoms with E-state index in [4.69, 9.17) is 15.2 Å². The van der Waals surface area contributed by atoms with Gasteiger partial charge in [0, 0.05) is 13.2 Å². The van der Waals surface area contributed by atoms with E-state index in [0.717, 1.165) is 25.9 Å². The molecule has 0 fully saturated rings. The van der Waals surface area contributed by atoms with Crippen molar-refractivity contribution < 1.29 is 14.6 Å². The van der Waals surface area contributed by atoms with Crippen molar-refractivity contribution in [2.24, 2.45) is 5.73 Å². The van der Waals surface area contributed by atoms with Crippen molar-refractivity contribution in [3.63, 3.8) is 0 Å². The van der Waals surface area contributed by atoms with Crippen LogP contribution in [0.5, 0.6) is 0 Å². The van der Waals surface area contributed by atoms with Gasteiger partial charge in [-0.1, -0.05) is 13.3 Å². The number of aliphatic hydroxyl groups is 1. The fourth-order valence-corrected chi connectivity index (χ4v) is 0.919. The molecule has 0 saturated heterocycles. The van der Waals surface area contributed by atoms with Crippen LogP contribution in [0.1, 0.15) is 26.2 Å². The zero-order valence-corrected chi connectivity index (χ0v) is 9.08. The maximum Gasteiger partial charge on any atom is 0.101 e. The van der Waals surface area contributed by atoms with Gasteiger partial charge in [0.15, 0.2) is 0 Å². The molecule has 4 nitrogen and oxygen atoms in total. The van der Waals surface area contributed by atoms with Gasteiger partial charge in [-0.15, -0.1) is 0 Å². The van der Waals surface area contributed by atoms with Crippen LogP contribution in [0.15, 0.2) is 0 Å². The average Bonchev–Trinajstić information content (AvgIpc) is 2.19. The summed E-state index contributed by atoms with van der Waals surface area (Å²) in [4.78, 5) is 0. The van der Waals surface area contributed by atoms with E-state index < -0.39 is 6.10 Å². The second kappa shape index (κ2) is 10.9. The monoisotopic (exact) mass is 205 g/mol. The molecular formula is C10H23NO3. The largest absolute Gasteiger partial charge is 0.388 e. The fraction of sp³-hybridized carbons (Fsp3) is 1.00. The predicted molar refractivity (Wildman–Crippen MR) is 56.2 cm³/mol. The molecule has 4 heteroatoms. The van der Waals surface area contributed by atoms with E-state index in [9.17, 15) is 5.11 Å². The molecule has 0 aromatic carbocycles. The number of ether oxygens (including phenoxy) is 2. The Morgan fingerprint density at radius 1 is 1.14 bits per heavy atom. The first-order chi connectivity index (χ1) is 6.81. The summed E-state index contributed by atoms with van der Waals surface area (Å²) in [6.45, 7) is 4.77. The standard InChI is InChI=1S/C10H23NO3/c1-2-3-6-13-8-10(12)9-14-7-4-5-11/h10,12H,2-9,11H2,1H3. The van der Waals surface area contributed by atoms with Gasteiger partial charge >= 0.3 is 0 Å². The van der Waals surface area contributed by atoms with Crippen LogP contribution in [0.25, 0.3) is 0 Å². The van der Waals surface area contributed by atoms with Gasteiger partial charge in [-0.2, -0.15) is 0 Å². The quantitative estimate of drug-likeness (QED) is 0.511. The summed E-state index contributed by atoms with van der Waals surface area (Å²) in [5.74, 6) is 0. The molecule has 0 aromatic rings. The normalized spacial score (nSPS) is 13.1.